The summed E-state index contributed by atoms with van der Waals surface area (Å²) < 4.78 is 33.4. The summed E-state index contributed by atoms with van der Waals surface area (Å²) in [6.07, 6.45) is 0.750. The molecule has 2 aromatic rings. The zero-order valence-corrected chi connectivity index (χ0v) is 11.7. The number of aryl methyl sites for hydroxylation is 2. The molecule has 0 aliphatic heterocycles. The second-order valence-electron chi connectivity index (χ2n) is 4.53. The Morgan fingerprint density at radius 3 is 2.67 bits per heavy atom. The number of nitrogens with two attached hydrogens (primary N) is 1. The summed E-state index contributed by atoms with van der Waals surface area (Å²) in [5, 5.41) is 4.20. The molecule has 7 heteroatoms. The summed E-state index contributed by atoms with van der Waals surface area (Å²) in [6.45, 7) is 1.87. The number of ether oxygens (including phenoxy) is 1. The zero-order chi connectivity index (χ0) is 15.6. The first kappa shape index (κ1) is 15.0. The third-order valence-corrected chi connectivity index (χ3v) is 3.05. The first-order valence-electron chi connectivity index (χ1n) is 6.35. The van der Waals surface area contributed by atoms with E-state index in [-0.39, 0.29) is 12.3 Å². The maximum absolute atomic E-state index is 13.6. The Morgan fingerprint density at radius 1 is 1.33 bits per heavy atom. The van der Waals surface area contributed by atoms with Crippen LogP contribution in [-0.2, 0) is 24.8 Å². The van der Waals surface area contributed by atoms with Crippen molar-refractivity contribution in [3.05, 3.63) is 46.8 Å². The standard InChI is InChI=1S/C14H15F2N3O2/c1-3-8-4-9(19(2)18-8)7-21-14(20)10-5-12(16)13(17)6-11(10)15/h4-6H,3,7,17H2,1-2H3. The molecule has 2 rings (SSSR count). The highest BCUT2D eigenvalue weighted by atomic mass is 19.1. The van der Waals surface area contributed by atoms with Crippen LogP contribution in [0.2, 0.25) is 0 Å². The van der Waals surface area contributed by atoms with Gasteiger partial charge in [-0.15, -0.1) is 0 Å². The number of nitrogens with zero attached hydrogens (tertiary/aromatic N) is 2. The van der Waals surface area contributed by atoms with Gasteiger partial charge in [0.25, 0.3) is 0 Å². The van der Waals surface area contributed by atoms with Crippen LogP contribution in [-0.4, -0.2) is 15.7 Å². The molecule has 0 spiro atoms. The van der Waals surface area contributed by atoms with Gasteiger partial charge in [0, 0.05) is 13.1 Å². The normalized spacial score (nSPS) is 10.7. The topological polar surface area (TPSA) is 70.1 Å². The second kappa shape index (κ2) is 5.90. The van der Waals surface area contributed by atoms with Crippen LogP contribution in [0.5, 0.6) is 0 Å². The first-order chi connectivity index (χ1) is 9.92. The second-order valence-corrected chi connectivity index (χ2v) is 4.53. The van der Waals surface area contributed by atoms with Crippen LogP contribution >= 0.6 is 0 Å². The van der Waals surface area contributed by atoms with E-state index in [1.54, 1.807) is 17.8 Å². The van der Waals surface area contributed by atoms with E-state index in [1.807, 2.05) is 6.92 Å². The molecule has 0 amide bonds. The molecule has 0 saturated heterocycles. The molecule has 0 unspecified atom stereocenters. The first-order valence-corrected chi connectivity index (χ1v) is 6.35. The Kier molecular flexibility index (Phi) is 4.21. The van der Waals surface area contributed by atoms with Crippen molar-refractivity contribution in [1.29, 1.82) is 0 Å². The van der Waals surface area contributed by atoms with E-state index >= 15 is 0 Å². The van der Waals surface area contributed by atoms with E-state index in [4.69, 9.17) is 10.5 Å². The largest absolute Gasteiger partial charge is 0.456 e. The molecule has 0 aliphatic rings. The van der Waals surface area contributed by atoms with E-state index < -0.39 is 23.2 Å². The molecule has 0 fully saturated rings. The molecule has 1 heterocycles. The van der Waals surface area contributed by atoms with Crippen LogP contribution < -0.4 is 5.73 Å². The van der Waals surface area contributed by atoms with Crippen LogP contribution in [0.15, 0.2) is 18.2 Å². The third-order valence-electron chi connectivity index (χ3n) is 3.05. The van der Waals surface area contributed by atoms with Gasteiger partial charge in [-0.3, -0.25) is 4.68 Å². The minimum atomic E-state index is -0.953. The van der Waals surface area contributed by atoms with Gasteiger partial charge >= 0.3 is 5.97 Å². The molecule has 2 N–H and O–H groups in total. The summed E-state index contributed by atoms with van der Waals surface area (Å²) in [6, 6.07) is 3.27. The molecule has 0 atom stereocenters. The smallest absolute Gasteiger partial charge is 0.341 e. The minimum absolute atomic E-state index is 0.0756. The van der Waals surface area contributed by atoms with E-state index in [1.165, 1.54) is 0 Å². The molecule has 5 nitrogen and oxygen atoms in total. The average molecular weight is 295 g/mol. The lowest BCUT2D eigenvalue weighted by molar-refractivity contribution is 0.0457. The van der Waals surface area contributed by atoms with Crippen molar-refractivity contribution in [3.8, 4) is 0 Å². The van der Waals surface area contributed by atoms with Gasteiger partial charge in [-0.2, -0.15) is 5.10 Å². The summed E-state index contributed by atoms with van der Waals surface area (Å²) in [5.74, 6) is -2.74. The van der Waals surface area contributed by atoms with Crippen molar-refractivity contribution < 1.29 is 18.3 Å². The van der Waals surface area contributed by atoms with Crippen molar-refractivity contribution in [2.75, 3.05) is 5.73 Å². The van der Waals surface area contributed by atoms with E-state index in [2.05, 4.69) is 5.10 Å². The fourth-order valence-electron chi connectivity index (χ4n) is 1.82. The van der Waals surface area contributed by atoms with Gasteiger partial charge in [0.2, 0.25) is 0 Å². The van der Waals surface area contributed by atoms with Gasteiger partial charge in [0.1, 0.15) is 18.2 Å². The number of esters is 1. The lowest BCUT2D eigenvalue weighted by atomic mass is 10.2. The molecular weight excluding hydrogens is 280 g/mol. The number of rotatable bonds is 4. The van der Waals surface area contributed by atoms with E-state index in [9.17, 15) is 13.6 Å². The molecule has 1 aromatic heterocycles. The molecule has 21 heavy (non-hydrogen) atoms. The number of anilines is 1. The minimum Gasteiger partial charge on any atom is -0.456 e. The molecule has 1 aromatic carbocycles. The molecule has 0 aliphatic carbocycles. The fraction of sp³-hybridized carbons (Fsp3) is 0.286. The Bertz CT molecular complexity index is 683. The Balaban J connectivity index is 2.11. The van der Waals surface area contributed by atoms with Crippen molar-refractivity contribution in [2.24, 2.45) is 7.05 Å². The lowest BCUT2D eigenvalue weighted by Crippen LogP contribution is -2.11. The van der Waals surface area contributed by atoms with Crippen LogP contribution in [0.4, 0.5) is 14.5 Å². The molecule has 112 valence electrons. The maximum atomic E-state index is 13.6. The number of nitrogen functional groups attached to an aromatic ring is 1. The van der Waals surface area contributed by atoms with Crippen molar-refractivity contribution in [2.45, 2.75) is 20.0 Å². The fourth-order valence-corrected chi connectivity index (χ4v) is 1.82. The van der Waals surface area contributed by atoms with Crippen molar-refractivity contribution in [1.82, 2.24) is 9.78 Å². The number of halogens is 2. The number of benzene rings is 1. The van der Waals surface area contributed by atoms with Crippen LogP contribution in [0.3, 0.4) is 0 Å². The van der Waals surface area contributed by atoms with Gasteiger partial charge in [0.15, 0.2) is 0 Å². The van der Waals surface area contributed by atoms with Crippen molar-refractivity contribution in [3.63, 3.8) is 0 Å². The van der Waals surface area contributed by atoms with Gasteiger partial charge in [0.05, 0.1) is 22.6 Å². The molecule has 0 bridgehead atoms. The molecule has 0 radical (unpaired) electrons. The highest BCUT2D eigenvalue weighted by Gasteiger charge is 2.17. The van der Waals surface area contributed by atoms with Gasteiger partial charge < -0.3 is 10.5 Å². The van der Waals surface area contributed by atoms with Crippen LogP contribution in [0.25, 0.3) is 0 Å². The number of hydrogen-bond acceptors (Lipinski definition) is 4. The van der Waals surface area contributed by atoms with Crippen LogP contribution in [0, 0.1) is 11.6 Å². The summed E-state index contributed by atoms with van der Waals surface area (Å²) in [4.78, 5) is 11.8. The van der Waals surface area contributed by atoms with Crippen LogP contribution in [0.1, 0.15) is 28.7 Å². The predicted octanol–water partition coefficient (Wildman–Crippen LogP) is 2.20. The number of aromatic nitrogens is 2. The lowest BCUT2D eigenvalue weighted by Gasteiger charge is -2.07. The van der Waals surface area contributed by atoms with Gasteiger partial charge in [-0.1, -0.05) is 6.92 Å². The predicted molar refractivity (Wildman–Crippen MR) is 72.5 cm³/mol. The maximum Gasteiger partial charge on any atom is 0.341 e. The van der Waals surface area contributed by atoms with Gasteiger partial charge in [-0.25, -0.2) is 13.6 Å². The molecular formula is C14H15F2N3O2. The van der Waals surface area contributed by atoms with Gasteiger partial charge in [-0.05, 0) is 18.6 Å². The van der Waals surface area contributed by atoms with E-state index in [0.29, 0.717) is 5.69 Å². The number of carbonyl (C=O) groups is 1. The Morgan fingerprint density at radius 2 is 2.05 bits per heavy atom. The Labute approximate surface area is 120 Å². The highest BCUT2D eigenvalue weighted by Crippen LogP contribution is 2.18. The SMILES string of the molecule is CCc1cc(COC(=O)c2cc(F)c(N)cc2F)n(C)n1. The number of carbonyl (C=O) groups excluding carboxylic acids is 1. The van der Waals surface area contributed by atoms with Crippen molar-refractivity contribution >= 4 is 11.7 Å². The zero-order valence-electron chi connectivity index (χ0n) is 11.7. The highest BCUT2D eigenvalue weighted by molar-refractivity contribution is 5.90. The monoisotopic (exact) mass is 295 g/mol. The summed E-state index contributed by atoms with van der Waals surface area (Å²) >= 11 is 0. The Hall–Kier alpha value is -2.44. The molecule has 0 saturated carbocycles. The quantitative estimate of drug-likeness (QED) is 0.693. The number of hydrogen-bond donors (Lipinski definition) is 1. The summed E-state index contributed by atoms with van der Waals surface area (Å²) in [7, 11) is 1.71. The summed E-state index contributed by atoms with van der Waals surface area (Å²) in [5.41, 5.74) is 5.89. The van der Waals surface area contributed by atoms with E-state index in [0.717, 1.165) is 24.2 Å². The average Bonchev–Trinajstić information content (AvgIpc) is 2.80. The third kappa shape index (κ3) is 3.18.